The maximum absolute atomic E-state index is 11.9. The van der Waals surface area contributed by atoms with Crippen LogP contribution in [0.15, 0.2) is 0 Å². The Bertz CT molecular complexity index is 334. The van der Waals surface area contributed by atoms with Gasteiger partial charge < -0.3 is 10.1 Å². The van der Waals surface area contributed by atoms with Crippen molar-refractivity contribution in [3.63, 3.8) is 0 Å². The van der Waals surface area contributed by atoms with Gasteiger partial charge in [0.25, 0.3) is 0 Å². The average molecular weight is 269 g/mol. The number of ketones is 1. The van der Waals surface area contributed by atoms with Gasteiger partial charge in [0.05, 0.1) is 19.6 Å². The molecule has 0 heterocycles. The van der Waals surface area contributed by atoms with E-state index in [1.807, 2.05) is 0 Å². The number of carbonyl (C=O) groups is 3. The number of nitrogens with one attached hydrogen (secondary N) is 1. The van der Waals surface area contributed by atoms with E-state index < -0.39 is 12.0 Å². The summed E-state index contributed by atoms with van der Waals surface area (Å²) in [4.78, 5) is 34.5. The molecule has 1 unspecified atom stereocenters. The lowest BCUT2D eigenvalue weighted by molar-refractivity contribution is -0.143. The van der Waals surface area contributed by atoms with Gasteiger partial charge in [0, 0.05) is 6.42 Å². The van der Waals surface area contributed by atoms with Crippen LogP contribution in [0.4, 0.5) is 0 Å². The second-order valence-electron chi connectivity index (χ2n) is 5.22. The molecule has 5 heteroatoms. The fourth-order valence-corrected chi connectivity index (χ4v) is 2.45. The van der Waals surface area contributed by atoms with Crippen LogP contribution in [0.1, 0.15) is 51.9 Å². The fourth-order valence-electron chi connectivity index (χ4n) is 2.45. The summed E-state index contributed by atoms with van der Waals surface area (Å²) in [6.45, 7) is 1.37. The zero-order valence-corrected chi connectivity index (χ0v) is 11.7. The van der Waals surface area contributed by atoms with Crippen molar-refractivity contribution in [3.05, 3.63) is 0 Å². The zero-order valence-electron chi connectivity index (χ0n) is 11.7. The van der Waals surface area contributed by atoms with Crippen LogP contribution in [-0.4, -0.2) is 30.8 Å². The van der Waals surface area contributed by atoms with Crippen molar-refractivity contribution in [1.82, 2.24) is 5.32 Å². The Hall–Kier alpha value is -1.39. The SMILES string of the molecule is COC(=O)CC(NC(=O)CC1CCCCC1)C(C)=O. The Labute approximate surface area is 114 Å². The number of carbonyl (C=O) groups excluding carboxylic acids is 3. The fraction of sp³-hybridized carbons (Fsp3) is 0.786. The van der Waals surface area contributed by atoms with E-state index in [0.29, 0.717) is 12.3 Å². The average Bonchev–Trinajstić information content (AvgIpc) is 2.38. The summed E-state index contributed by atoms with van der Waals surface area (Å²) in [5, 5.41) is 2.64. The number of esters is 1. The Morgan fingerprint density at radius 3 is 2.37 bits per heavy atom. The molecule has 1 fully saturated rings. The van der Waals surface area contributed by atoms with Gasteiger partial charge >= 0.3 is 5.97 Å². The molecule has 1 saturated carbocycles. The molecule has 1 N–H and O–H groups in total. The van der Waals surface area contributed by atoms with Crippen molar-refractivity contribution in [1.29, 1.82) is 0 Å². The van der Waals surface area contributed by atoms with E-state index in [1.165, 1.54) is 33.3 Å². The largest absolute Gasteiger partial charge is 0.469 e. The maximum atomic E-state index is 11.9. The van der Waals surface area contributed by atoms with Gasteiger partial charge in [-0.1, -0.05) is 19.3 Å². The van der Waals surface area contributed by atoms with Gasteiger partial charge in [0.15, 0.2) is 5.78 Å². The van der Waals surface area contributed by atoms with Gasteiger partial charge in [-0.3, -0.25) is 14.4 Å². The van der Waals surface area contributed by atoms with Crippen molar-refractivity contribution >= 4 is 17.7 Å². The van der Waals surface area contributed by atoms with Crippen LogP contribution in [-0.2, 0) is 19.1 Å². The molecule has 0 aliphatic heterocycles. The van der Waals surface area contributed by atoms with Crippen LogP contribution >= 0.6 is 0 Å². The number of Topliss-reactive ketones (excluding diaryl/α,β-unsaturated/α-hetero) is 1. The van der Waals surface area contributed by atoms with E-state index in [2.05, 4.69) is 10.1 Å². The third-order valence-electron chi connectivity index (χ3n) is 3.62. The number of methoxy groups -OCH3 is 1. The topological polar surface area (TPSA) is 72.5 Å². The molecule has 0 radical (unpaired) electrons. The summed E-state index contributed by atoms with van der Waals surface area (Å²) in [5.41, 5.74) is 0. The van der Waals surface area contributed by atoms with E-state index >= 15 is 0 Å². The monoisotopic (exact) mass is 269 g/mol. The first-order valence-electron chi connectivity index (χ1n) is 6.89. The molecule has 108 valence electrons. The summed E-state index contributed by atoms with van der Waals surface area (Å²) in [5.74, 6) is -0.434. The number of hydrogen-bond donors (Lipinski definition) is 1. The number of hydrogen-bond acceptors (Lipinski definition) is 4. The standard InChI is InChI=1S/C14H23NO4/c1-10(16)12(9-14(18)19-2)15-13(17)8-11-6-4-3-5-7-11/h11-12H,3-9H2,1-2H3,(H,15,17). The molecular weight excluding hydrogens is 246 g/mol. The molecule has 1 aliphatic rings. The van der Waals surface area contributed by atoms with Crippen LogP contribution in [0, 0.1) is 5.92 Å². The first-order chi connectivity index (χ1) is 9.02. The molecule has 1 amide bonds. The molecule has 0 aromatic heterocycles. The van der Waals surface area contributed by atoms with Gasteiger partial charge in [-0.15, -0.1) is 0 Å². The Morgan fingerprint density at radius 1 is 1.21 bits per heavy atom. The lowest BCUT2D eigenvalue weighted by Gasteiger charge is -2.22. The van der Waals surface area contributed by atoms with E-state index in [4.69, 9.17) is 0 Å². The Balaban J connectivity index is 2.41. The van der Waals surface area contributed by atoms with E-state index in [0.717, 1.165) is 12.8 Å². The van der Waals surface area contributed by atoms with Crippen LogP contribution in [0.2, 0.25) is 0 Å². The third-order valence-corrected chi connectivity index (χ3v) is 3.62. The van der Waals surface area contributed by atoms with Crippen LogP contribution < -0.4 is 5.32 Å². The molecule has 1 rings (SSSR count). The molecule has 0 bridgehead atoms. The highest BCUT2D eigenvalue weighted by Crippen LogP contribution is 2.26. The maximum Gasteiger partial charge on any atom is 0.308 e. The predicted molar refractivity (Wildman–Crippen MR) is 70.4 cm³/mol. The normalized spacial score (nSPS) is 17.6. The molecule has 1 aliphatic carbocycles. The first-order valence-corrected chi connectivity index (χ1v) is 6.89. The molecule has 0 saturated heterocycles. The minimum Gasteiger partial charge on any atom is -0.469 e. The number of rotatable bonds is 6. The van der Waals surface area contributed by atoms with Crippen molar-refractivity contribution in [2.75, 3.05) is 7.11 Å². The lowest BCUT2D eigenvalue weighted by atomic mass is 9.87. The van der Waals surface area contributed by atoms with Gasteiger partial charge in [-0.05, 0) is 25.7 Å². The molecule has 19 heavy (non-hydrogen) atoms. The number of amides is 1. The van der Waals surface area contributed by atoms with Crippen LogP contribution in [0.5, 0.6) is 0 Å². The van der Waals surface area contributed by atoms with Crippen molar-refractivity contribution in [3.8, 4) is 0 Å². The van der Waals surface area contributed by atoms with Gasteiger partial charge in [-0.25, -0.2) is 0 Å². The minimum absolute atomic E-state index is 0.0950. The lowest BCUT2D eigenvalue weighted by Crippen LogP contribution is -2.42. The Morgan fingerprint density at radius 2 is 1.84 bits per heavy atom. The van der Waals surface area contributed by atoms with Gasteiger partial charge in [0.1, 0.15) is 0 Å². The molecule has 0 spiro atoms. The summed E-state index contributed by atoms with van der Waals surface area (Å²) >= 11 is 0. The quantitative estimate of drug-likeness (QED) is 0.743. The number of ether oxygens (including phenoxy) is 1. The summed E-state index contributed by atoms with van der Waals surface area (Å²) < 4.78 is 4.52. The van der Waals surface area contributed by atoms with Crippen molar-refractivity contribution < 1.29 is 19.1 Å². The van der Waals surface area contributed by atoms with Gasteiger partial charge in [0.2, 0.25) is 5.91 Å². The van der Waals surface area contributed by atoms with Gasteiger partial charge in [-0.2, -0.15) is 0 Å². The summed E-state index contributed by atoms with van der Waals surface area (Å²) in [6.07, 6.45) is 6.11. The first kappa shape index (κ1) is 15.7. The molecule has 0 aromatic rings. The highest BCUT2D eigenvalue weighted by molar-refractivity contribution is 5.90. The minimum atomic E-state index is -0.761. The van der Waals surface area contributed by atoms with Crippen molar-refractivity contribution in [2.24, 2.45) is 5.92 Å². The molecular formula is C14H23NO4. The zero-order chi connectivity index (χ0) is 14.3. The molecule has 1 atom stereocenters. The second-order valence-corrected chi connectivity index (χ2v) is 5.22. The smallest absolute Gasteiger partial charge is 0.308 e. The second kappa shape index (κ2) is 7.92. The molecule has 5 nitrogen and oxygen atoms in total. The van der Waals surface area contributed by atoms with E-state index in [1.54, 1.807) is 0 Å². The molecule has 0 aromatic carbocycles. The van der Waals surface area contributed by atoms with Crippen LogP contribution in [0.25, 0.3) is 0 Å². The van der Waals surface area contributed by atoms with Crippen molar-refractivity contribution in [2.45, 2.75) is 57.9 Å². The predicted octanol–water partition coefficient (Wildman–Crippen LogP) is 1.59. The van der Waals surface area contributed by atoms with E-state index in [9.17, 15) is 14.4 Å². The van der Waals surface area contributed by atoms with Crippen LogP contribution in [0.3, 0.4) is 0 Å². The van der Waals surface area contributed by atoms with E-state index in [-0.39, 0.29) is 18.1 Å². The highest BCUT2D eigenvalue weighted by Gasteiger charge is 2.23. The summed E-state index contributed by atoms with van der Waals surface area (Å²) in [7, 11) is 1.27. The third kappa shape index (κ3) is 5.85. The Kier molecular flexibility index (Phi) is 6.53. The highest BCUT2D eigenvalue weighted by atomic mass is 16.5. The summed E-state index contributed by atoms with van der Waals surface area (Å²) in [6, 6.07) is -0.761.